The van der Waals surface area contributed by atoms with Crippen molar-refractivity contribution >= 4 is 5.91 Å². The summed E-state index contributed by atoms with van der Waals surface area (Å²) in [6.45, 7) is 5.52. The lowest BCUT2D eigenvalue weighted by Crippen LogP contribution is -2.38. The first-order chi connectivity index (χ1) is 14.3. The Balaban J connectivity index is 1.14. The fraction of sp³-hybridized carbons (Fsp3) is 0.500. The van der Waals surface area contributed by atoms with Gasteiger partial charge in [-0.15, -0.1) is 0 Å². The number of morpholine rings is 1. The lowest BCUT2D eigenvalue weighted by molar-refractivity contribution is -0.126. The summed E-state index contributed by atoms with van der Waals surface area (Å²) < 4.78 is 26.8. The molecule has 1 fully saturated rings. The van der Waals surface area contributed by atoms with Crippen LogP contribution in [0.3, 0.4) is 0 Å². The molecule has 2 aliphatic heterocycles. The van der Waals surface area contributed by atoms with Crippen LogP contribution in [0.15, 0.2) is 28.8 Å². The highest BCUT2D eigenvalue weighted by atomic mass is 16.7. The van der Waals surface area contributed by atoms with E-state index in [4.69, 9.17) is 23.5 Å². The molecule has 1 aromatic heterocycles. The first-order valence-electron chi connectivity index (χ1n) is 9.78. The van der Waals surface area contributed by atoms with E-state index in [2.05, 4.69) is 15.4 Å². The number of aromatic nitrogens is 1. The second-order valence-electron chi connectivity index (χ2n) is 6.90. The molecule has 1 saturated heterocycles. The Morgan fingerprint density at radius 2 is 2.03 bits per heavy atom. The molecule has 0 unspecified atom stereocenters. The van der Waals surface area contributed by atoms with Crippen molar-refractivity contribution in [2.75, 3.05) is 52.8 Å². The Morgan fingerprint density at radius 3 is 2.93 bits per heavy atom. The molecular weight excluding hydrogens is 378 g/mol. The predicted molar refractivity (Wildman–Crippen MR) is 103 cm³/mol. The van der Waals surface area contributed by atoms with Crippen LogP contribution in [0.1, 0.15) is 12.1 Å². The van der Waals surface area contributed by atoms with Crippen molar-refractivity contribution in [1.82, 2.24) is 15.4 Å². The van der Waals surface area contributed by atoms with Gasteiger partial charge in [-0.25, -0.2) is 0 Å². The predicted octanol–water partition coefficient (Wildman–Crippen LogP) is 1.43. The summed E-state index contributed by atoms with van der Waals surface area (Å²) in [4.78, 5) is 14.2. The van der Waals surface area contributed by atoms with Crippen molar-refractivity contribution in [3.05, 3.63) is 30.0 Å². The van der Waals surface area contributed by atoms with E-state index in [0.717, 1.165) is 44.8 Å². The number of hydrogen-bond acceptors (Lipinski definition) is 8. The minimum atomic E-state index is -0.133. The first-order valence-corrected chi connectivity index (χ1v) is 9.78. The van der Waals surface area contributed by atoms with Crippen molar-refractivity contribution < 1.29 is 28.3 Å². The highest BCUT2D eigenvalue weighted by Gasteiger charge is 2.16. The van der Waals surface area contributed by atoms with Gasteiger partial charge in [0.1, 0.15) is 12.3 Å². The minimum Gasteiger partial charge on any atom is -0.454 e. The van der Waals surface area contributed by atoms with Crippen molar-refractivity contribution in [3.63, 3.8) is 0 Å². The highest BCUT2D eigenvalue weighted by molar-refractivity contribution is 5.77. The summed E-state index contributed by atoms with van der Waals surface area (Å²) in [5.74, 6) is 1.87. The highest BCUT2D eigenvalue weighted by Crippen LogP contribution is 2.36. The molecular formula is C20H25N3O6. The van der Waals surface area contributed by atoms with Gasteiger partial charge in [0.2, 0.25) is 12.7 Å². The van der Waals surface area contributed by atoms with Crippen molar-refractivity contribution in [2.45, 2.75) is 13.0 Å². The molecule has 0 saturated carbocycles. The third-order valence-corrected chi connectivity index (χ3v) is 4.78. The van der Waals surface area contributed by atoms with E-state index in [1.807, 2.05) is 18.2 Å². The Morgan fingerprint density at radius 1 is 1.17 bits per heavy atom. The van der Waals surface area contributed by atoms with Gasteiger partial charge < -0.3 is 28.8 Å². The SMILES string of the molecule is O=C(COCc1cc(-c2ccc3c(c2)OCO3)on1)NCCCN1CCOCC1. The molecule has 1 N–H and O–H groups in total. The largest absolute Gasteiger partial charge is 0.454 e. The van der Waals surface area contributed by atoms with Gasteiger partial charge in [-0.1, -0.05) is 5.16 Å². The molecule has 29 heavy (non-hydrogen) atoms. The van der Waals surface area contributed by atoms with Crippen LogP contribution in [0, 0.1) is 0 Å². The number of rotatable bonds is 9. The summed E-state index contributed by atoms with van der Waals surface area (Å²) in [5.41, 5.74) is 1.46. The number of carbonyl (C=O) groups excluding carboxylic acids is 1. The monoisotopic (exact) mass is 403 g/mol. The van der Waals surface area contributed by atoms with Crippen LogP contribution in [0.4, 0.5) is 0 Å². The van der Waals surface area contributed by atoms with Gasteiger partial charge >= 0.3 is 0 Å². The van der Waals surface area contributed by atoms with Crippen molar-refractivity contribution in [2.24, 2.45) is 0 Å². The van der Waals surface area contributed by atoms with E-state index in [0.29, 0.717) is 29.5 Å². The Kier molecular flexibility index (Phi) is 6.60. The van der Waals surface area contributed by atoms with E-state index >= 15 is 0 Å². The maximum atomic E-state index is 11.9. The summed E-state index contributed by atoms with van der Waals surface area (Å²) in [6, 6.07) is 7.35. The van der Waals surface area contributed by atoms with Gasteiger partial charge in [0, 0.05) is 31.3 Å². The third kappa shape index (κ3) is 5.47. The summed E-state index contributed by atoms with van der Waals surface area (Å²) in [6.07, 6.45) is 0.911. The third-order valence-electron chi connectivity index (χ3n) is 4.78. The molecule has 0 atom stereocenters. The Hall–Kier alpha value is -2.62. The average molecular weight is 403 g/mol. The fourth-order valence-corrected chi connectivity index (χ4v) is 3.22. The molecule has 0 radical (unpaired) electrons. The molecule has 2 aromatic rings. The smallest absolute Gasteiger partial charge is 0.246 e. The second kappa shape index (κ2) is 9.73. The van der Waals surface area contributed by atoms with Gasteiger partial charge in [-0.2, -0.15) is 0 Å². The number of nitrogens with one attached hydrogen (secondary N) is 1. The number of hydrogen-bond donors (Lipinski definition) is 1. The number of fused-ring (bicyclic) bond motifs is 1. The lowest BCUT2D eigenvalue weighted by atomic mass is 10.1. The normalized spacial score (nSPS) is 16.1. The van der Waals surface area contributed by atoms with Gasteiger partial charge in [0.15, 0.2) is 17.3 Å². The van der Waals surface area contributed by atoms with Crippen LogP contribution in [-0.4, -0.2) is 68.8 Å². The average Bonchev–Trinajstić information content (AvgIpc) is 3.41. The van der Waals surface area contributed by atoms with Crippen LogP contribution < -0.4 is 14.8 Å². The first kappa shape index (κ1) is 19.7. The molecule has 0 spiro atoms. The zero-order valence-corrected chi connectivity index (χ0v) is 16.2. The summed E-state index contributed by atoms with van der Waals surface area (Å²) in [7, 11) is 0. The molecule has 0 aliphatic carbocycles. The molecule has 0 bridgehead atoms. The zero-order chi connectivity index (χ0) is 19.9. The van der Waals surface area contributed by atoms with Crippen LogP contribution in [-0.2, 0) is 20.9 Å². The minimum absolute atomic E-state index is 0.0101. The van der Waals surface area contributed by atoms with E-state index in [-0.39, 0.29) is 25.9 Å². The molecule has 4 rings (SSSR count). The number of ether oxygens (including phenoxy) is 4. The van der Waals surface area contributed by atoms with E-state index in [1.54, 1.807) is 6.07 Å². The molecule has 156 valence electrons. The number of benzene rings is 1. The Labute approximate surface area is 168 Å². The van der Waals surface area contributed by atoms with E-state index in [9.17, 15) is 4.79 Å². The van der Waals surface area contributed by atoms with Crippen LogP contribution >= 0.6 is 0 Å². The van der Waals surface area contributed by atoms with Crippen LogP contribution in [0.25, 0.3) is 11.3 Å². The van der Waals surface area contributed by atoms with E-state index < -0.39 is 0 Å². The quantitative estimate of drug-likeness (QED) is 0.629. The molecule has 3 heterocycles. The summed E-state index contributed by atoms with van der Waals surface area (Å²) >= 11 is 0. The maximum Gasteiger partial charge on any atom is 0.246 e. The van der Waals surface area contributed by atoms with Gasteiger partial charge in [0.25, 0.3) is 0 Å². The topological polar surface area (TPSA) is 95.3 Å². The van der Waals surface area contributed by atoms with Crippen LogP contribution in [0.5, 0.6) is 11.5 Å². The number of carbonyl (C=O) groups is 1. The maximum absolute atomic E-state index is 11.9. The molecule has 2 aliphatic rings. The van der Waals surface area contributed by atoms with E-state index in [1.165, 1.54) is 0 Å². The second-order valence-corrected chi connectivity index (χ2v) is 6.90. The Bertz CT molecular complexity index is 818. The van der Waals surface area contributed by atoms with Crippen molar-refractivity contribution in [1.29, 1.82) is 0 Å². The van der Waals surface area contributed by atoms with Crippen molar-refractivity contribution in [3.8, 4) is 22.8 Å². The number of nitrogens with zero attached hydrogens (tertiary/aromatic N) is 2. The fourth-order valence-electron chi connectivity index (χ4n) is 3.22. The molecule has 1 aromatic carbocycles. The molecule has 9 nitrogen and oxygen atoms in total. The number of amides is 1. The standard InChI is InChI=1S/C20H25N3O6/c24-20(21-4-1-5-23-6-8-25-9-7-23)13-26-12-16-11-18(29-22-16)15-2-3-17-19(10-15)28-14-27-17/h2-3,10-11H,1,4-9,12-14H2,(H,21,24). The molecule has 9 heteroatoms. The van der Waals surface area contributed by atoms with Gasteiger partial charge in [-0.3, -0.25) is 9.69 Å². The molecule has 1 amide bonds. The van der Waals surface area contributed by atoms with Gasteiger partial charge in [-0.05, 0) is 31.2 Å². The lowest BCUT2D eigenvalue weighted by Gasteiger charge is -2.26. The van der Waals surface area contributed by atoms with Gasteiger partial charge in [0.05, 0.1) is 19.8 Å². The van der Waals surface area contributed by atoms with Crippen LogP contribution in [0.2, 0.25) is 0 Å². The summed E-state index contributed by atoms with van der Waals surface area (Å²) in [5, 5.41) is 6.86. The zero-order valence-electron chi connectivity index (χ0n) is 16.2.